The van der Waals surface area contributed by atoms with Crippen molar-refractivity contribution >= 4 is 39.2 Å². The minimum absolute atomic E-state index is 0.147. The van der Waals surface area contributed by atoms with Crippen molar-refractivity contribution in [2.24, 2.45) is 0 Å². The number of aromatic nitrogens is 2. The molecule has 3 saturated heterocycles. The summed E-state index contributed by atoms with van der Waals surface area (Å²) < 4.78 is 27.8. The van der Waals surface area contributed by atoms with Gasteiger partial charge in [-0.05, 0) is 62.6 Å². The van der Waals surface area contributed by atoms with E-state index in [9.17, 15) is 18.0 Å². The first-order valence-electron chi connectivity index (χ1n) is 12.2. The molecule has 0 N–H and O–H groups in total. The molecule has 1 unspecified atom stereocenters. The number of piperidine rings is 1. The number of imide groups is 1. The van der Waals surface area contributed by atoms with Crippen LogP contribution in [0.1, 0.15) is 39.0 Å². The third-order valence-corrected chi connectivity index (χ3v) is 8.99. The second-order valence-electron chi connectivity index (χ2n) is 9.30. The van der Waals surface area contributed by atoms with Gasteiger partial charge in [0.25, 0.3) is 0 Å². The third kappa shape index (κ3) is 4.62. The van der Waals surface area contributed by atoms with Crippen LogP contribution in [0.15, 0.2) is 41.3 Å². The van der Waals surface area contributed by atoms with Gasteiger partial charge in [0.1, 0.15) is 0 Å². The van der Waals surface area contributed by atoms with Crippen LogP contribution in [0.2, 0.25) is 0 Å². The Morgan fingerprint density at radius 3 is 2.03 bits per heavy atom. The number of sulfonamides is 1. The van der Waals surface area contributed by atoms with Crippen molar-refractivity contribution < 1.29 is 18.0 Å². The maximum atomic E-state index is 13.2. The number of carbonyl (C=O) groups excluding carboxylic acids is 2. The molecule has 1 aromatic heterocycles. The van der Waals surface area contributed by atoms with E-state index in [0.29, 0.717) is 37.9 Å². The number of piperazine rings is 1. The molecule has 11 heteroatoms. The van der Waals surface area contributed by atoms with Gasteiger partial charge >= 0.3 is 0 Å². The van der Waals surface area contributed by atoms with Gasteiger partial charge in [-0.3, -0.25) is 14.5 Å². The summed E-state index contributed by atoms with van der Waals surface area (Å²) in [6.45, 7) is 4.91. The molecule has 10 nitrogen and oxygen atoms in total. The average Bonchev–Trinajstić information content (AvgIpc) is 3.22. The summed E-state index contributed by atoms with van der Waals surface area (Å²) in [5.41, 5.74) is 0.405. The molecular weight excluding hydrogens is 468 g/mol. The first-order chi connectivity index (χ1) is 16.8. The van der Waals surface area contributed by atoms with Gasteiger partial charge in [0.2, 0.25) is 21.8 Å². The SMILES string of the molecule is CC1CCCCN1c1ccc(N2CCN(S(=O)(=O)c3ccc(N4C(=O)CCC4=O)cc3)CC2)nn1. The fraction of sp³-hybridized carbons (Fsp3) is 0.500. The average molecular weight is 499 g/mol. The molecule has 0 bridgehead atoms. The number of amides is 2. The lowest BCUT2D eigenvalue weighted by Gasteiger charge is -2.35. The zero-order valence-corrected chi connectivity index (χ0v) is 20.7. The number of rotatable bonds is 5. The van der Waals surface area contributed by atoms with Crippen LogP contribution in [-0.2, 0) is 19.6 Å². The van der Waals surface area contributed by atoms with Crippen LogP contribution in [0.4, 0.5) is 17.3 Å². The highest BCUT2D eigenvalue weighted by atomic mass is 32.2. The highest BCUT2D eigenvalue weighted by Gasteiger charge is 2.32. The smallest absolute Gasteiger partial charge is 0.243 e. The Hall–Kier alpha value is -3.05. The molecule has 0 spiro atoms. The van der Waals surface area contributed by atoms with Gasteiger partial charge in [-0.1, -0.05) is 0 Å². The van der Waals surface area contributed by atoms with Gasteiger partial charge in [0.05, 0.1) is 10.6 Å². The molecular formula is C24H30N6O4S. The first kappa shape index (κ1) is 23.7. The molecule has 3 fully saturated rings. The van der Waals surface area contributed by atoms with E-state index in [2.05, 4.69) is 26.9 Å². The maximum absolute atomic E-state index is 13.2. The minimum Gasteiger partial charge on any atom is -0.352 e. The van der Waals surface area contributed by atoms with Crippen molar-refractivity contribution in [2.75, 3.05) is 47.4 Å². The predicted octanol–water partition coefficient (Wildman–Crippen LogP) is 2.02. The molecule has 2 aromatic rings. The summed E-state index contributed by atoms with van der Waals surface area (Å²) in [6, 6.07) is 10.4. The Kier molecular flexibility index (Phi) is 6.45. The summed E-state index contributed by atoms with van der Waals surface area (Å²) in [5, 5.41) is 8.87. The summed E-state index contributed by atoms with van der Waals surface area (Å²) in [5.74, 6) is 1.12. The van der Waals surface area contributed by atoms with Crippen molar-refractivity contribution in [3.05, 3.63) is 36.4 Å². The Balaban J connectivity index is 1.22. The topological polar surface area (TPSA) is 107 Å². The van der Waals surface area contributed by atoms with Crippen molar-refractivity contribution in [3.8, 4) is 0 Å². The van der Waals surface area contributed by atoms with E-state index in [1.54, 1.807) is 0 Å². The number of anilines is 3. The largest absolute Gasteiger partial charge is 0.352 e. The zero-order valence-electron chi connectivity index (χ0n) is 19.8. The van der Waals surface area contributed by atoms with Gasteiger partial charge < -0.3 is 9.80 Å². The summed E-state index contributed by atoms with van der Waals surface area (Å²) in [4.78, 5) is 29.5. The van der Waals surface area contributed by atoms with Crippen molar-refractivity contribution in [1.82, 2.24) is 14.5 Å². The number of benzene rings is 1. The van der Waals surface area contributed by atoms with Gasteiger partial charge in [-0.25, -0.2) is 8.42 Å². The van der Waals surface area contributed by atoms with Gasteiger partial charge in [0.15, 0.2) is 11.6 Å². The Bertz CT molecular complexity index is 1180. The fourth-order valence-electron chi connectivity index (χ4n) is 5.02. The zero-order chi connectivity index (χ0) is 24.6. The molecule has 3 aliphatic rings. The lowest BCUT2D eigenvalue weighted by molar-refractivity contribution is -0.121. The molecule has 186 valence electrons. The number of nitrogens with zero attached hydrogens (tertiary/aromatic N) is 6. The van der Waals surface area contributed by atoms with Crippen LogP contribution in [0, 0.1) is 0 Å². The van der Waals surface area contributed by atoms with Gasteiger partial charge in [-0.15, -0.1) is 10.2 Å². The molecule has 3 aliphatic heterocycles. The Morgan fingerprint density at radius 2 is 1.43 bits per heavy atom. The van der Waals surface area contributed by atoms with E-state index in [4.69, 9.17) is 0 Å². The van der Waals surface area contributed by atoms with E-state index < -0.39 is 10.0 Å². The lowest BCUT2D eigenvalue weighted by atomic mass is 10.0. The summed E-state index contributed by atoms with van der Waals surface area (Å²) in [6.07, 6.45) is 3.96. The van der Waals surface area contributed by atoms with E-state index >= 15 is 0 Å². The maximum Gasteiger partial charge on any atom is 0.243 e. The predicted molar refractivity (Wildman–Crippen MR) is 132 cm³/mol. The summed E-state index contributed by atoms with van der Waals surface area (Å²) in [7, 11) is -3.69. The van der Waals surface area contributed by atoms with Crippen molar-refractivity contribution in [2.45, 2.75) is 50.0 Å². The van der Waals surface area contributed by atoms with Crippen LogP contribution in [0.5, 0.6) is 0 Å². The summed E-state index contributed by atoms with van der Waals surface area (Å²) >= 11 is 0. The number of carbonyl (C=O) groups is 2. The normalized spacial score (nSPS) is 22.2. The quantitative estimate of drug-likeness (QED) is 0.577. The monoisotopic (exact) mass is 498 g/mol. The molecule has 1 atom stereocenters. The minimum atomic E-state index is -3.69. The molecule has 35 heavy (non-hydrogen) atoms. The number of hydrogen-bond donors (Lipinski definition) is 0. The molecule has 1 aromatic carbocycles. The third-order valence-electron chi connectivity index (χ3n) is 7.08. The molecule has 0 aliphatic carbocycles. The Labute approximate surface area is 205 Å². The van der Waals surface area contributed by atoms with Crippen LogP contribution < -0.4 is 14.7 Å². The van der Waals surface area contributed by atoms with Crippen LogP contribution >= 0.6 is 0 Å². The van der Waals surface area contributed by atoms with Crippen LogP contribution in [-0.4, -0.2) is 73.5 Å². The highest BCUT2D eigenvalue weighted by molar-refractivity contribution is 7.89. The van der Waals surface area contributed by atoms with E-state index in [-0.39, 0.29) is 29.6 Å². The van der Waals surface area contributed by atoms with E-state index in [1.165, 1.54) is 41.4 Å². The molecule has 0 saturated carbocycles. The second kappa shape index (κ2) is 9.54. The molecule has 5 rings (SSSR count). The number of hydrogen-bond acceptors (Lipinski definition) is 8. The highest BCUT2D eigenvalue weighted by Crippen LogP contribution is 2.27. The standard InChI is InChI=1S/C24H30N6O4S/c1-18-4-2-3-13-29(18)22-10-9-21(25-26-22)27-14-16-28(17-15-27)35(33,34)20-7-5-19(6-8-20)30-23(31)11-12-24(30)32/h5-10,18H,2-4,11-17H2,1H3. The molecule has 0 radical (unpaired) electrons. The first-order valence-corrected chi connectivity index (χ1v) is 13.6. The van der Waals surface area contributed by atoms with Crippen molar-refractivity contribution in [1.29, 1.82) is 0 Å². The van der Waals surface area contributed by atoms with Crippen molar-refractivity contribution in [3.63, 3.8) is 0 Å². The molecule has 2 amide bonds. The van der Waals surface area contributed by atoms with Crippen LogP contribution in [0.25, 0.3) is 0 Å². The van der Waals surface area contributed by atoms with Gasteiger partial charge in [-0.2, -0.15) is 4.31 Å². The fourth-order valence-corrected chi connectivity index (χ4v) is 6.44. The molecule has 4 heterocycles. The Morgan fingerprint density at radius 1 is 0.800 bits per heavy atom. The lowest BCUT2D eigenvalue weighted by Crippen LogP contribution is -2.49. The van der Waals surface area contributed by atoms with Crippen LogP contribution in [0.3, 0.4) is 0 Å². The van der Waals surface area contributed by atoms with E-state index in [1.807, 2.05) is 12.1 Å². The second-order valence-corrected chi connectivity index (χ2v) is 11.2. The van der Waals surface area contributed by atoms with Gasteiger partial charge in [0, 0.05) is 51.6 Å². The van der Waals surface area contributed by atoms with E-state index in [0.717, 1.165) is 29.5 Å².